The molecule has 132 valence electrons. The van der Waals surface area contributed by atoms with E-state index < -0.39 is 30.4 Å². The lowest BCUT2D eigenvalue weighted by Crippen LogP contribution is -2.31. The summed E-state index contributed by atoms with van der Waals surface area (Å²) in [4.78, 5) is 23.8. The van der Waals surface area contributed by atoms with E-state index in [0.29, 0.717) is 17.2 Å². The topological polar surface area (TPSA) is 73.9 Å². The number of para-hydroxylation sites is 2. The Labute approximate surface area is 144 Å². The minimum atomic E-state index is -1.02. The molecule has 0 saturated heterocycles. The second-order valence-electron chi connectivity index (χ2n) is 5.06. The molecule has 1 atom stereocenters. The largest absolute Gasteiger partial charge is 0.495 e. The SMILES string of the molecule is COc1ccccc1NC(=O)[C@@H](C)OC(=O)COc1ccc(F)cc1. The second-order valence-corrected chi connectivity index (χ2v) is 5.06. The fourth-order valence-corrected chi connectivity index (χ4v) is 1.94. The number of hydrogen-bond acceptors (Lipinski definition) is 5. The average Bonchev–Trinajstić information content (AvgIpc) is 2.61. The number of nitrogens with one attached hydrogen (secondary N) is 1. The molecule has 0 aliphatic rings. The number of ether oxygens (including phenoxy) is 3. The van der Waals surface area contributed by atoms with Crippen LogP contribution >= 0.6 is 0 Å². The van der Waals surface area contributed by atoms with Crippen LogP contribution in [0.1, 0.15) is 6.92 Å². The number of amides is 1. The van der Waals surface area contributed by atoms with E-state index in [-0.39, 0.29) is 0 Å². The smallest absolute Gasteiger partial charge is 0.344 e. The molecule has 0 saturated carbocycles. The lowest BCUT2D eigenvalue weighted by Gasteiger charge is -2.15. The van der Waals surface area contributed by atoms with Crippen molar-refractivity contribution in [1.29, 1.82) is 0 Å². The van der Waals surface area contributed by atoms with Gasteiger partial charge < -0.3 is 19.5 Å². The van der Waals surface area contributed by atoms with Crippen LogP contribution in [0.2, 0.25) is 0 Å². The first-order valence-corrected chi connectivity index (χ1v) is 7.51. The number of hydrogen-bond donors (Lipinski definition) is 1. The van der Waals surface area contributed by atoms with Crippen LogP contribution in [0.25, 0.3) is 0 Å². The van der Waals surface area contributed by atoms with Gasteiger partial charge in [0.1, 0.15) is 17.3 Å². The Bertz CT molecular complexity index is 733. The molecular formula is C18H18FNO5. The van der Waals surface area contributed by atoms with E-state index in [0.717, 1.165) is 0 Å². The molecule has 1 N–H and O–H groups in total. The zero-order valence-electron chi connectivity index (χ0n) is 13.8. The van der Waals surface area contributed by atoms with E-state index in [1.807, 2.05) is 0 Å². The van der Waals surface area contributed by atoms with Gasteiger partial charge in [0, 0.05) is 0 Å². The number of esters is 1. The molecule has 0 fully saturated rings. The number of carbonyl (C=O) groups excluding carboxylic acids is 2. The lowest BCUT2D eigenvalue weighted by molar-refractivity contribution is -0.155. The van der Waals surface area contributed by atoms with Crippen LogP contribution in [-0.2, 0) is 14.3 Å². The van der Waals surface area contributed by atoms with Gasteiger partial charge in [0.05, 0.1) is 12.8 Å². The van der Waals surface area contributed by atoms with Gasteiger partial charge in [-0.1, -0.05) is 12.1 Å². The highest BCUT2D eigenvalue weighted by molar-refractivity contribution is 5.96. The Kier molecular flexibility index (Phi) is 6.33. The van der Waals surface area contributed by atoms with Gasteiger partial charge in [-0.25, -0.2) is 9.18 Å². The minimum absolute atomic E-state index is 0.324. The Balaban J connectivity index is 1.83. The van der Waals surface area contributed by atoms with Crippen molar-refractivity contribution in [3.8, 4) is 11.5 Å². The number of anilines is 1. The average molecular weight is 347 g/mol. The molecule has 0 unspecified atom stereocenters. The summed E-state index contributed by atoms with van der Waals surface area (Å²) in [7, 11) is 1.49. The van der Waals surface area contributed by atoms with E-state index >= 15 is 0 Å². The van der Waals surface area contributed by atoms with Crippen molar-refractivity contribution in [1.82, 2.24) is 0 Å². The second kappa shape index (κ2) is 8.68. The predicted octanol–water partition coefficient (Wildman–Crippen LogP) is 2.78. The summed E-state index contributed by atoms with van der Waals surface area (Å²) in [6, 6.07) is 12.1. The number of benzene rings is 2. The van der Waals surface area contributed by atoms with E-state index in [1.165, 1.54) is 38.3 Å². The van der Waals surface area contributed by atoms with Crippen LogP contribution in [0, 0.1) is 5.82 Å². The highest BCUT2D eigenvalue weighted by atomic mass is 19.1. The molecule has 0 heterocycles. The summed E-state index contributed by atoms with van der Waals surface area (Å²) in [6.45, 7) is 1.05. The van der Waals surface area contributed by atoms with E-state index in [2.05, 4.69) is 5.32 Å². The number of halogens is 1. The molecular weight excluding hydrogens is 329 g/mol. The molecule has 7 heteroatoms. The third kappa shape index (κ3) is 5.49. The molecule has 1 amide bonds. The van der Waals surface area contributed by atoms with Crippen LogP contribution in [0.5, 0.6) is 11.5 Å². The quantitative estimate of drug-likeness (QED) is 0.780. The van der Waals surface area contributed by atoms with Crippen molar-refractivity contribution in [2.45, 2.75) is 13.0 Å². The molecule has 25 heavy (non-hydrogen) atoms. The highest BCUT2D eigenvalue weighted by Crippen LogP contribution is 2.23. The van der Waals surface area contributed by atoms with Crippen LogP contribution in [0.15, 0.2) is 48.5 Å². The molecule has 0 radical (unpaired) electrons. The summed E-state index contributed by atoms with van der Waals surface area (Å²) >= 11 is 0. The van der Waals surface area contributed by atoms with E-state index in [9.17, 15) is 14.0 Å². The van der Waals surface area contributed by atoms with Crippen LogP contribution < -0.4 is 14.8 Å². The fourth-order valence-electron chi connectivity index (χ4n) is 1.94. The van der Waals surface area contributed by atoms with Crippen LogP contribution in [0.3, 0.4) is 0 Å². The highest BCUT2D eigenvalue weighted by Gasteiger charge is 2.19. The molecule has 6 nitrogen and oxygen atoms in total. The van der Waals surface area contributed by atoms with Gasteiger partial charge in [0.2, 0.25) is 0 Å². The Morgan fingerprint density at radius 1 is 1.12 bits per heavy atom. The Hall–Kier alpha value is -3.09. The van der Waals surface area contributed by atoms with Gasteiger partial charge in [-0.3, -0.25) is 4.79 Å². The maximum absolute atomic E-state index is 12.8. The van der Waals surface area contributed by atoms with Crippen LogP contribution in [0.4, 0.5) is 10.1 Å². The van der Waals surface area contributed by atoms with Gasteiger partial charge >= 0.3 is 5.97 Å². The van der Waals surface area contributed by atoms with Gasteiger partial charge in [0.25, 0.3) is 5.91 Å². The summed E-state index contributed by atoms with van der Waals surface area (Å²) in [5.74, 6) is -0.804. The van der Waals surface area contributed by atoms with Gasteiger partial charge in [-0.2, -0.15) is 0 Å². The summed E-state index contributed by atoms with van der Waals surface area (Å²) in [5.41, 5.74) is 0.473. The summed E-state index contributed by atoms with van der Waals surface area (Å²) in [5, 5.41) is 2.62. The molecule has 0 aliphatic carbocycles. The number of rotatable bonds is 7. The number of carbonyl (C=O) groups is 2. The molecule has 0 aromatic heterocycles. The zero-order valence-corrected chi connectivity index (χ0v) is 13.8. The maximum Gasteiger partial charge on any atom is 0.344 e. The maximum atomic E-state index is 12.8. The summed E-state index contributed by atoms with van der Waals surface area (Å²) in [6.07, 6.45) is -1.02. The first kappa shape index (κ1) is 18.3. The Morgan fingerprint density at radius 2 is 1.80 bits per heavy atom. The van der Waals surface area contributed by atoms with Crippen molar-refractivity contribution >= 4 is 17.6 Å². The van der Waals surface area contributed by atoms with Crippen molar-refractivity contribution in [3.05, 3.63) is 54.3 Å². The minimum Gasteiger partial charge on any atom is -0.495 e. The van der Waals surface area contributed by atoms with E-state index in [4.69, 9.17) is 14.2 Å². The van der Waals surface area contributed by atoms with Crippen molar-refractivity contribution in [2.24, 2.45) is 0 Å². The Morgan fingerprint density at radius 3 is 2.48 bits per heavy atom. The third-order valence-electron chi connectivity index (χ3n) is 3.21. The normalized spacial score (nSPS) is 11.3. The van der Waals surface area contributed by atoms with Gasteiger partial charge in [-0.15, -0.1) is 0 Å². The van der Waals surface area contributed by atoms with Crippen molar-refractivity contribution < 1.29 is 28.2 Å². The molecule has 2 rings (SSSR count). The van der Waals surface area contributed by atoms with Crippen molar-refractivity contribution in [2.75, 3.05) is 19.0 Å². The third-order valence-corrected chi connectivity index (χ3v) is 3.21. The predicted molar refractivity (Wildman–Crippen MR) is 89.1 cm³/mol. The van der Waals surface area contributed by atoms with Gasteiger partial charge in [-0.05, 0) is 43.3 Å². The summed E-state index contributed by atoms with van der Waals surface area (Å²) < 4.78 is 28.1. The zero-order chi connectivity index (χ0) is 18.2. The van der Waals surface area contributed by atoms with Crippen molar-refractivity contribution in [3.63, 3.8) is 0 Å². The monoisotopic (exact) mass is 347 g/mol. The first-order valence-electron chi connectivity index (χ1n) is 7.51. The number of methoxy groups -OCH3 is 1. The first-order chi connectivity index (χ1) is 12.0. The molecule has 2 aromatic carbocycles. The van der Waals surface area contributed by atoms with Crippen LogP contribution in [-0.4, -0.2) is 31.7 Å². The molecule has 0 aliphatic heterocycles. The standard InChI is InChI=1S/C18H18FNO5/c1-12(18(22)20-15-5-3-4-6-16(15)23-2)25-17(21)11-24-14-9-7-13(19)8-10-14/h3-10,12H,11H2,1-2H3,(H,20,22)/t12-/m1/s1. The fraction of sp³-hybridized carbons (Fsp3) is 0.222. The lowest BCUT2D eigenvalue weighted by atomic mass is 10.2. The molecule has 2 aromatic rings. The molecule has 0 spiro atoms. The van der Waals surface area contributed by atoms with E-state index in [1.54, 1.807) is 24.3 Å². The van der Waals surface area contributed by atoms with Gasteiger partial charge in [0.15, 0.2) is 12.7 Å². The molecule has 0 bridgehead atoms.